The predicted molar refractivity (Wildman–Crippen MR) is 80.4 cm³/mol. The fourth-order valence-electron chi connectivity index (χ4n) is 2.77. The molecular formula is C17H19N3O. The minimum Gasteiger partial charge on any atom is -0.438 e. The molecule has 108 valence electrons. The zero-order valence-electron chi connectivity index (χ0n) is 12.0. The lowest BCUT2D eigenvalue weighted by Gasteiger charge is -2.07. The summed E-state index contributed by atoms with van der Waals surface area (Å²) < 4.78 is 5.80. The highest BCUT2D eigenvalue weighted by Crippen LogP contribution is 2.28. The van der Waals surface area contributed by atoms with Gasteiger partial charge in [-0.3, -0.25) is 0 Å². The van der Waals surface area contributed by atoms with E-state index < -0.39 is 0 Å². The van der Waals surface area contributed by atoms with Crippen LogP contribution in [-0.2, 0) is 19.4 Å². The van der Waals surface area contributed by atoms with Gasteiger partial charge in [0.15, 0.2) is 0 Å². The molecule has 1 N–H and O–H groups in total. The summed E-state index contributed by atoms with van der Waals surface area (Å²) in [5.41, 5.74) is 3.82. The number of aryl methyl sites for hydroxylation is 2. The van der Waals surface area contributed by atoms with Crippen molar-refractivity contribution in [3.63, 3.8) is 0 Å². The molecule has 21 heavy (non-hydrogen) atoms. The minimum absolute atomic E-state index is 0.558. The minimum atomic E-state index is 0.558. The summed E-state index contributed by atoms with van der Waals surface area (Å²) in [5, 5.41) is 11.8. The largest absolute Gasteiger partial charge is 0.438 e. The standard InChI is InChI=1S/C17H19N3O/c1-2-12-4-8-16(10-13(12)3-1)21-17-9-7-15(19-20-17)11-18-14-5-6-14/h4,7-10,14,18H,1-3,5-6,11H2. The molecular weight excluding hydrogens is 262 g/mol. The van der Waals surface area contributed by atoms with E-state index in [4.69, 9.17) is 4.74 Å². The third-order valence-electron chi connectivity index (χ3n) is 4.14. The van der Waals surface area contributed by atoms with Crippen LogP contribution in [0.25, 0.3) is 0 Å². The van der Waals surface area contributed by atoms with Crippen LogP contribution in [0.3, 0.4) is 0 Å². The molecule has 0 spiro atoms. The van der Waals surface area contributed by atoms with Crippen molar-refractivity contribution in [1.29, 1.82) is 0 Å². The van der Waals surface area contributed by atoms with Gasteiger partial charge in [-0.25, -0.2) is 0 Å². The highest BCUT2D eigenvalue weighted by atomic mass is 16.5. The average molecular weight is 281 g/mol. The lowest BCUT2D eigenvalue weighted by atomic mass is 10.1. The van der Waals surface area contributed by atoms with Gasteiger partial charge >= 0.3 is 0 Å². The van der Waals surface area contributed by atoms with Gasteiger partial charge in [-0.15, -0.1) is 5.10 Å². The Kier molecular flexibility index (Phi) is 3.31. The molecule has 0 aliphatic heterocycles. The summed E-state index contributed by atoms with van der Waals surface area (Å²) >= 11 is 0. The molecule has 0 bridgehead atoms. The van der Waals surface area contributed by atoms with Gasteiger partial charge < -0.3 is 10.1 Å². The Morgan fingerprint density at radius 1 is 1.05 bits per heavy atom. The van der Waals surface area contributed by atoms with Gasteiger partial charge in [0, 0.05) is 18.7 Å². The second-order valence-corrected chi connectivity index (χ2v) is 5.90. The molecule has 1 aromatic heterocycles. The van der Waals surface area contributed by atoms with Crippen LogP contribution in [0.15, 0.2) is 30.3 Å². The molecule has 0 atom stereocenters. The Labute approximate surface area is 124 Å². The van der Waals surface area contributed by atoms with Crippen LogP contribution in [0.1, 0.15) is 36.1 Å². The number of benzene rings is 1. The summed E-state index contributed by atoms with van der Waals surface area (Å²) in [6.45, 7) is 0.788. The maximum absolute atomic E-state index is 5.80. The zero-order chi connectivity index (χ0) is 14.1. The molecule has 1 fully saturated rings. The molecule has 1 saturated carbocycles. The van der Waals surface area contributed by atoms with E-state index >= 15 is 0 Å². The Bertz CT molecular complexity index is 635. The third-order valence-corrected chi connectivity index (χ3v) is 4.14. The fraction of sp³-hybridized carbons (Fsp3) is 0.412. The number of fused-ring (bicyclic) bond motifs is 1. The molecule has 2 aromatic rings. The first-order chi connectivity index (χ1) is 10.4. The van der Waals surface area contributed by atoms with E-state index in [0.717, 1.165) is 24.4 Å². The van der Waals surface area contributed by atoms with Crippen molar-refractivity contribution >= 4 is 0 Å². The molecule has 1 heterocycles. The van der Waals surface area contributed by atoms with Gasteiger partial charge in [0.25, 0.3) is 0 Å². The topological polar surface area (TPSA) is 47.0 Å². The average Bonchev–Trinajstić information content (AvgIpc) is 3.23. The second-order valence-electron chi connectivity index (χ2n) is 5.90. The Morgan fingerprint density at radius 3 is 2.76 bits per heavy atom. The van der Waals surface area contributed by atoms with E-state index in [1.807, 2.05) is 18.2 Å². The highest BCUT2D eigenvalue weighted by molar-refractivity contribution is 5.39. The number of ether oxygens (including phenoxy) is 1. The number of aromatic nitrogens is 2. The van der Waals surface area contributed by atoms with Crippen LogP contribution in [0.4, 0.5) is 0 Å². The van der Waals surface area contributed by atoms with Crippen LogP contribution in [0.5, 0.6) is 11.6 Å². The first-order valence-electron chi connectivity index (χ1n) is 7.72. The quantitative estimate of drug-likeness (QED) is 0.915. The van der Waals surface area contributed by atoms with Crippen molar-refractivity contribution < 1.29 is 4.74 Å². The first-order valence-corrected chi connectivity index (χ1v) is 7.72. The molecule has 0 radical (unpaired) electrons. The summed E-state index contributed by atoms with van der Waals surface area (Å²) in [6, 6.07) is 10.9. The van der Waals surface area contributed by atoms with Crippen LogP contribution >= 0.6 is 0 Å². The van der Waals surface area contributed by atoms with E-state index in [1.54, 1.807) is 0 Å². The Hall–Kier alpha value is -1.94. The highest BCUT2D eigenvalue weighted by Gasteiger charge is 2.20. The van der Waals surface area contributed by atoms with Gasteiger partial charge in [0.2, 0.25) is 5.88 Å². The molecule has 2 aliphatic carbocycles. The molecule has 4 rings (SSSR count). The number of hydrogen-bond acceptors (Lipinski definition) is 4. The van der Waals surface area contributed by atoms with Crippen LogP contribution in [-0.4, -0.2) is 16.2 Å². The monoisotopic (exact) mass is 281 g/mol. The maximum atomic E-state index is 5.80. The van der Waals surface area contributed by atoms with Crippen molar-refractivity contribution in [3.8, 4) is 11.6 Å². The van der Waals surface area contributed by atoms with Crippen molar-refractivity contribution in [1.82, 2.24) is 15.5 Å². The maximum Gasteiger partial charge on any atom is 0.238 e. The van der Waals surface area contributed by atoms with Gasteiger partial charge in [0.05, 0.1) is 5.69 Å². The van der Waals surface area contributed by atoms with Crippen molar-refractivity contribution in [2.75, 3.05) is 0 Å². The second kappa shape index (κ2) is 5.45. The van der Waals surface area contributed by atoms with Gasteiger partial charge in [-0.1, -0.05) is 6.07 Å². The lowest BCUT2D eigenvalue weighted by molar-refractivity contribution is 0.452. The summed E-state index contributed by atoms with van der Waals surface area (Å²) in [5.74, 6) is 1.41. The molecule has 4 heteroatoms. The molecule has 1 aromatic carbocycles. The predicted octanol–water partition coefficient (Wildman–Crippen LogP) is 3.01. The number of rotatable bonds is 5. The SMILES string of the molecule is c1cc2c(cc1Oc1ccc(CNC3CC3)nn1)CCC2. The van der Waals surface area contributed by atoms with Gasteiger partial charge in [-0.05, 0) is 61.4 Å². The summed E-state index contributed by atoms with van der Waals surface area (Å²) in [6.07, 6.45) is 6.17. The van der Waals surface area contributed by atoms with E-state index in [-0.39, 0.29) is 0 Å². The molecule has 2 aliphatic rings. The van der Waals surface area contributed by atoms with Crippen LogP contribution < -0.4 is 10.1 Å². The summed E-state index contributed by atoms with van der Waals surface area (Å²) in [4.78, 5) is 0. The number of hydrogen-bond donors (Lipinski definition) is 1. The van der Waals surface area contributed by atoms with Crippen molar-refractivity contribution in [2.24, 2.45) is 0 Å². The molecule has 0 unspecified atom stereocenters. The number of nitrogens with one attached hydrogen (secondary N) is 1. The Balaban J connectivity index is 1.41. The molecule has 0 saturated heterocycles. The van der Waals surface area contributed by atoms with Gasteiger partial charge in [-0.2, -0.15) is 5.10 Å². The van der Waals surface area contributed by atoms with Crippen molar-refractivity contribution in [2.45, 2.75) is 44.7 Å². The van der Waals surface area contributed by atoms with Crippen LogP contribution in [0.2, 0.25) is 0 Å². The smallest absolute Gasteiger partial charge is 0.238 e. The molecule has 0 amide bonds. The Morgan fingerprint density at radius 2 is 1.95 bits per heavy atom. The molecule has 4 nitrogen and oxygen atoms in total. The lowest BCUT2D eigenvalue weighted by Crippen LogP contribution is -2.16. The zero-order valence-corrected chi connectivity index (χ0v) is 12.0. The van der Waals surface area contributed by atoms with E-state index in [9.17, 15) is 0 Å². The van der Waals surface area contributed by atoms with Crippen molar-refractivity contribution in [3.05, 3.63) is 47.2 Å². The van der Waals surface area contributed by atoms with E-state index in [2.05, 4.69) is 27.6 Å². The van der Waals surface area contributed by atoms with E-state index in [0.29, 0.717) is 11.9 Å². The fourth-order valence-corrected chi connectivity index (χ4v) is 2.77. The number of nitrogens with zero attached hydrogens (tertiary/aromatic N) is 2. The third kappa shape index (κ3) is 3.05. The van der Waals surface area contributed by atoms with Crippen LogP contribution in [0, 0.1) is 0 Å². The van der Waals surface area contributed by atoms with Gasteiger partial charge in [0.1, 0.15) is 5.75 Å². The summed E-state index contributed by atoms with van der Waals surface area (Å²) in [7, 11) is 0. The normalized spacial score (nSPS) is 16.8. The first kappa shape index (κ1) is 12.8. The van der Waals surface area contributed by atoms with E-state index in [1.165, 1.54) is 36.8 Å².